The average Bonchev–Trinajstić information content (AvgIpc) is 3.37. The molecule has 0 atom stereocenters. The van der Waals surface area contributed by atoms with Crippen LogP contribution in [0.4, 0.5) is 5.69 Å². The first-order valence-corrected chi connectivity index (χ1v) is 10.1. The van der Waals surface area contributed by atoms with Crippen LogP contribution in [0.25, 0.3) is 10.9 Å². The molecule has 0 spiro atoms. The number of rotatable bonds is 5. The third-order valence-electron chi connectivity index (χ3n) is 5.63. The molecule has 1 aliphatic rings. The zero-order chi connectivity index (χ0) is 21.4. The Balaban J connectivity index is 1.29. The van der Waals surface area contributed by atoms with Gasteiger partial charge < -0.3 is 10.2 Å². The predicted octanol–water partition coefficient (Wildman–Crippen LogP) is 2.96. The van der Waals surface area contributed by atoms with E-state index in [4.69, 9.17) is 5.26 Å². The van der Waals surface area contributed by atoms with Crippen LogP contribution in [0.1, 0.15) is 33.1 Å². The number of H-pyrrole nitrogens is 1. The molecule has 0 aliphatic carbocycles. The molecule has 1 saturated heterocycles. The van der Waals surface area contributed by atoms with Gasteiger partial charge in [0.25, 0.3) is 5.91 Å². The van der Waals surface area contributed by atoms with Crippen molar-refractivity contribution >= 4 is 22.5 Å². The summed E-state index contributed by atoms with van der Waals surface area (Å²) in [4.78, 5) is 15.1. The number of amides is 1. The number of fused-ring (bicyclic) bond motifs is 1. The van der Waals surface area contributed by atoms with Crippen LogP contribution in [0.3, 0.4) is 0 Å². The summed E-state index contributed by atoms with van der Waals surface area (Å²) in [6, 6.07) is 15.6. The number of likely N-dealkylation sites (tertiary alicyclic amines) is 1. The van der Waals surface area contributed by atoms with Gasteiger partial charge in [-0.05, 0) is 36.4 Å². The summed E-state index contributed by atoms with van der Waals surface area (Å²) in [6.45, 7) is 2.62. The maximum absolute atomic E-state index is 12.8. The van der Waals surface area contributed by atoms with E-state index in [1.54, 1.807) is 23.1 Å². The van der Waals surface area contributed by atoms with E-state index in [0.717, 1.165) is 29.6 Å². The number of hydrogen-bond acceptors (Lipinski definition) is 5. The standard InChI is InChI=1S/C23H21N7O/c1-29-12-18(13-29)17-5-6-20-21(8-17)27-28-22(20)23(31)26-19-10-25-30(14-19)11-16-4-2-3-15(7-16)9-24/h2-8,10,14,18H,11-13H2,1H3,(H,26,31)(H,27,28). The molecule has 154 valence electrons. The van der Waals surface area contributed by atoms with Crippen LogP contribution in [0.15, 0.2) is 54.9 Å². The van der Waals surface area contributed by atoms with Gasteiger partial charge in [0.1, 0.15) is 0 Å². The summed E-state index contributed by atoms with van der Waals surface area (Å²) in [5.41, 5.74) is 4.66. The zero-order valence-electron chi connectivity index (χ0n) is 17.0. The molecular formula is C23H21N7O. The highest BCUT2D eigenvalue weighted by Gasteiger charge is 2.25. The van der Waals surface area contributed by atoms with E-state index in [0.29, 0.717) is 29.4 Å². The summed E-state index contributed by atoms with van der Waals surface area (Å²) in [5.74, 6) is 0.253. The highest BCUT2D eigenvalue weighted by Crippen LogP contribution is 2.28. The fraction of sp³-hybridized carbons (Fsp3) is 0.217. The highest BCUT2D eigenvalue weighted by atomic mass is 16.2. The first-order valence-electron chi connectivity index (χ1n) is 10.1. The highest BCUT2D eigenvalue weighted by molar-refractivity contribution is 6.11. The molecule has 0 unspecified atom stereocenters. The Labute approximate surface area is 179 Å². The molecule has 2 aromatic heterocycles. The number of aromatic nitrogens is 4. The van der Waals surface area contributed by atoms with E-state index in [9.17, 15) is 4.79 Å². The minimum absolute atomic E-state index is 0.284. The molecular weight excluding hydrogens is 390 g/mol. The van der Waals surface area contributed by atoms with E-state index < -0.39 is 0 Å². The van der Waals surface area contributed by atoms with E-state index in [-0.39, 0.29) is 5.91 Å². The van der Waals surface area contributed by atoms with Gasteiger partial charge in [-0.1, -0.05) is 24.3 Å². The lowest BCUT2D eigenvalue weighted by Crippen LogP contribution is -2.41. The fourth-order valence-electron chi connectivity index (χ4n) is 4.01. The first-order chi connectivity index (χ1) is 15.1. The van der Waals surface area contributed by atoms with Crippen LogP contribution >= 0.6 is 0 Å². The van der Waals surface area contributed by atoms with Crippen molar-refractivity contribution in [1.29, 1.82) is 5.26 Å². The summed E-state index contributed by atoms with van der Waals surface area (Å²) < 4.78 is 1.72. The Morgan fingerprint density at radius 3 is 2.97 bits per heavy atom. The van der Waals surface area contributed by atoms with Gasteiger partial charge in [-0.15, -0.1) is 0 Å². The van der Waals surface area contributed by atoms with Gasteiger partial charge in [0.05, 0.1) is 35.6 Å². The lowest BCUT2D eigenvalue weighted by molar-refractivity contribution is 0.102. The first kappa shape index (κ1) is 19.0. The topological polar surface area (TPSA) is 103 Å². The fourth-order valence-corrected chi connectivity index (χ4v) is 4.01. The van der Waals surface area contributed by atoms with Crippen molar-refractivity contribution in [3.05, 3.63) is 77.2 Å². The normalized spacial score (nSPS) is 14.3. The van der Waals surface area contributed by atoms with Gasteiger partial charge in [0.15, 0.2) is 5.69 Å². The number of carbonyl (C=O) groups excluding carboxylic acids is 1. The van der Waals surface area contributed by atoms with Crippen LogP contribution in [0, 0.1) is 11.3 Å². The second-order valence-corrected chi connectivity index (χ2v) is 7.99. The molecule has 3 heterocycles. The number of likely N-dealkylation sites (N-methyl/N-ethyl adjacent to an activating group) is 1. The van der Waals surface area contributed by atoms with Crippen molar-refractivity contribution in [3.63, 3.8) is 0 Å². The summed E-state index contributed by atoms with van der Waals surface area (Å²) in [7, 11) is 2.11. The van der Waals surface area contributed by atoms with Crippen LogP contribution in [-0.2, 0) is 6.54 Å². The van der Waals surface area contributed by atoms with Crippen molar-refractivity contribution in [1.82, 2.24) is 24.9 Å². The number of nitrogens with zero attached hydrogens (tertiary/aromatic N) is 5. The molecule has 4 aromatic rings. The minimum Gasteiger partial charge on any atom is -0.318 e. The van der Waals surface area contributed by atoms with Crippen molar-refractivity contribution in [3.8, 4) is 6.07 Å². The number of anilines is 1. The van der Waals surface area contributed by atoms with Crippen molar-refractivity contribution in [2.75, 3.05) is 25.5 Å². The Morgan fingerprint density at radius 1 is 1.29 bits per heavy atom. The van der Waals surface area contributed by atoms with Crippen molar-refractivity contribution in [2.45, 2.75) is 12.5 Å². The van der Waals surface area contributed by atoms with E-state index >= 15 is 0 Å². The van der Waals surface area contributed by atoms with Gasteiger partial charge in [-0.3, -0.25) is 14.6 Å². The molecule has 0 bridgehead atoms. The molecule has 0 saturated carbocycles. The second kappa shape index (κ2) is 7.70. The smallest absolute Gasteiger partial charge is 0.276 e. The number of aromatic amines is 1. The number of benzene rings is 2. The molecule has 0 radical (unpaired) electrons. The van der Waals surface area contributed by atoms with Gasteiger partial charge in [-0.25, -0.2) is 0 Å². The van der Waals surface area contributed by atoms with E-state index in [2.05, 4.69) is 50.8 Å². The molecule has 1 aliphatic heterocycles. The predicted molar refractivity (Wildman–Crippen MR) is 117 cm³/mol. The van der Waals surface area contributed by atoms with Gasteiger partial charge in [0, 0.05) is 30.6 Å². The van der Waals surface area contributed by atoms with Gasteiger partial charge in [0.2, 0.25) is 0 Å². The van der Waals surface area contributed by atoms with Crippen LogP contribution in [0.2, 0.25) is 0 Å². The number of hydrogen-bond donors (Lipinski definition) is 2. The molecule has 1 amide bonds. The SMILES string of the molecule is CN1CC(c2ccc3c(C(=O)Nc4cnn(Cc5cccc(C#N)c5)c4)n[nH]c3c2)C1. The monoisotopic (exact) mass is 411 g/mol. The maximum Gasteiger partial charge on any atom is 0.276 e. The summed E-state index contributed by atoms with van der Waals surface area (Å²) in [5, 5.41) is 24.2. The third kappa shape index (κ3) is 3.79. The third-order valence-corrected chi connectivity index (χ3v) is 5.63. The van der Waals surface area contributed by atoms with Crippen LogP contribution < -0.4 is 5.32 Å². The largest absolute Gasteiger partial charge is 0.318 e. The van der Waals surface area contributed by atoms with Gasteiger partial charge in [-0.2, -0.15) is 15.5 Å². The lowest BCUT2D eigenvalue weighted by Gasteiger charge is -2.36. The molecule has 8 nitrogen and oxygen atoms in total. The molecule has 31 heavy (non-hydrogen) atoms. The number of carbonyl (C=O) groups is 1. The Morgan fingerprint density at radius 2 is 2.16 bits per heavy atom. The second-order valence-electron chi connectivity index (χ2n) is 7.99. The van der Waals surface area contributed by atoms with E-state index in [1.807, 2.05) is 24.3 Å². The maximum atomic E-state index is 12.8. The van der Waals surface area contributed by atoms with Crippen LogP contribution in [0.5, 0.6) is 0 Å². The molecule has 1 fully saturated rings. The van der Waals surface area contributed by atoms with Crippen molar-refractivity contribution < 1.29 is 4.79 Å². The zero-order valence-corrected chi connectivity index (χ0v) is 17.0. The molecule has 5 rings (SSSR count). The lowest BCUT2D eigenvalue weighted by atomic mass is 9.91. The summed E-state index contributed by atoms with van der Waals surface area (Å²) >= 11 is 0. The average molecular weight is 411 g/mol. The van der Waals surface area contributed by atoms with Crippen molar-refractivity contribution in [2.24, 2.45) is 0 Å². The Kier molecular flexibility index (Phi) is 4.73. The molecule has 2 aromatic carbocycles. The van der Waals surface area contributed by atoms with Gasteiger partial charge >= 0.3 is 0 Å². The molecule has 8 heteroatoms. The number of nitriles is 1. The Hall–Kier alpha value is -3.96. The van der Waals surface area contributed by atoms with E-state index in [1.165, 1.54) is 5.56 Å². The molecule has 2 N–H and O–H groups in total. The van der Waals surface area contributed by atoms with Crippen LogP contribution in [-0.4, -0.2) is 50.9 Å². The number of nitrogens with one attached hydrogen (secondary N) is 2. The quantitative estimate of drug-likeness (QED) is 0.526. The minimum atomic E-state index is -0.284. The Bertz CT molecular complexity index is 1310. The summed E-state index contributed by atoms with van der Waals surface area (Å²) in [6.07, 6.45) is 3.36.